The van der Waals surface area contributed by atoms with Crippen molar-refractivity contribution in [1.29, 1.82) is 0 Å². The van der Waals surface area contributed by atoms with Crippen LogP contribution in [0.5, 0.6) is 5.75 Å². The zero-order chi connectivity index (χ0) is 16.8. The molecule has 2 amide bonds. The smallest absolute Gasteiger partial charge is 0.293 e. The summed E-state index contributed by atoms with van der Waals surface area (Å²) in [5.74, 6) is 0.316. The van der Waals surface area contributed by atoms with E-state index < -0.39 is 0 Å². The first-order chi connectivity index (χ1) is 11.1. The number of carbonyl (C=O) groups excluding carboxylic acids is 2. The number of nitrogens with zero attached hydrogens (tertiary/aromatic N) is 1. The third-order valence-electron chi connectivity index (χ3n) is 3.22. The van der Waals surface area contributed by atoms with E-state index in [1.807, 2.05) is 6.92 Å². The summed E-state index contributed by atoms with van der Waals surface area (Å²) >= 11 is 7.12. The quantitative estimate of drug-likeness (QED) is 0.525. The molecule has 0 N–H and O–H groups in total. The van der Waals surface area contributed by atoms with Crippen molar-refractivity contribution in [2.75, 3.05) is 13.2 Å². The number of imide groups is 1. The highest BCUT2D eigenvalue weighted by Gasteiger charge is 2.34. The monoisotopic (exact) mass is 351 g/mol. The number of rotatable bonds is 7. The Morgan fingerprint density at radius 1 is 1.39 bits per heavy atom. The van der Waals surface area contributed by atoms with Crippen LogP contribution in [-0.4, -0.2) is 29.2 Å². The molecule has 0 unspecified atom stereocenters. The van der Waals surface area contributed by atoms with E-state index in [9.17, 15) is 9.59 Å². The summed E-state index contributed by atoms with van der Waals surface area (Å²) < 4.78 is 5.41. The fourth-order valence-electron chi connectivity index (χ4n) is 2.03. The molecule has 0 radical (unpaired) electrons. The first-order valence-corrected chi connectivity index (χ1v) is 8.55. The Balaban J connectivity index is 2.15. The molecule has 1 saturated heterocycles. The molecule has 0 aromatic heterocycles. The molecule has 0 saturated carbocycles. The highest BCUT2D eigenvalue weighted by molar-refractivity contribution is 8.18. The molecule has 6 heteroatoms. The fourth-order valence-corrected chi connectivity index (χ4v) is 3.14. The van der Waals surface area contributed by atoms with Crippen LogP contribution in [0.25, 0.3) is 6.08 Å². The predicted octanol–water partition coefficient (Wildman–Crippen LogP) is 4.74. The summed E-state index contributed by atoms with van der Waals surface area (Å²) in [6, 6.07) is 5.24. The molecule has 1 aromatic carbocycles. The largest absolute Gasteiger partial charge is 0.488 e. The van der Waals surface area contributed by atoms with Crippen molar-refractivity contribution in [3.8, 4) is 5.75 Å². The summed E-state index contributed by atoms with van der Waals surface area (Å²) in [6.07, 6.45) is 5.06. The zero-order valence-electron chi connectivity index (χ0n) is 12.9. The SMILES string of the molecule is C=CCOc1ccc(/C=C2\SC(=O)N(CCCC)C2=O)cc1Cl. The summed E-state index contributed by atoms with van der Waals surface area (Å²) in [5.41, 5.74) is 0.752. The van der Waals surface area contributed by atoms with Gasteiger partial charge < -0.3 is 4.74 Å². The molecule has 1 heterocycles. The highest BCUT2D eigenvalue weighted by atomic mass is 35.5. The van der Waals surface area contributed by atoms with Gasteiger partial charge in [0.05, 0.1) is 9.93 Å². The molecule has 4 nitrogen and oxygen atoms in total. The van der Waals surface area contributed by atoms with E-state index in [0.29, 0.717) is 28.8 Å². The summed E-state index contributed by atoms with van der Waals surface area (Å²) in [7, 11) is 0. The van der Waals surface area contributed by atoms with Crippen LogP contribution < -0.4 is 4.74 Å². The normalized spacial score (nSPS) is 16.3. The van der Waals surface area contributed by atoms with Crippen LogP contribution in [0.4, 0.5) is 4.79 Å². The Kier molecular flexibility index (Phi) is 6.30. The number of ether oxygens (including phenoxy) is 1. The van der Waals surface area contributed by atoms with Crippen LogP contribution >= 0.6 is 23.4 Å². The molecule has 1 fully saturated rings. The molecule has 0 bridgehead atoms. The maximum absolute atomic E-state index is 12.3. The number of unbranched alkanes of at least 4 members (excludes halogenated alkanes) is 1. The summed E-state index contributed by atoms with van der Waals surface area (Å²) in [6.45, 7) is 6.44. The molecule has 1 aliphatic rings. The first kappa shape index (κ1) is 17.6. The van der Waals surface area contributed by atoms with Crippen molar-refractivity contribution in [2.24, 2.45) is 0 Å². The van der Waals surface area contributed by atoms with Gasteiger partial charge in [0.1, 0.15) is 12.4 Å². The minimum atomic E-state index is -0.239. The third-order valence-corrected chi connectivity index (χ3v) is 4.42. The van der Waals surface area contributed by atoms with Crippen molar-refractivity contribution in [3.05, 3.63) is 46.3 Å². The van der Waals surface area contributed by atoms with Gasteiger partial charge in [-0.1, -0.05) is 43.7 Å². The minimum Gasteiger partial charge on any atom is -0.488 e. The average molecular weight is 352 g/mol. The molecule has 23 heavy (non-hydrogen) atoms. The van der Waals surface area contributed by atoms with Crippen molar-refractivity contribution in [1.82, 2.24) is 4.90 Å². The van der Waals surface area contributed by atoms with Gasteiger partial charge in [-0.05, 0) is 42.0 Å². The van der Waals surface area contributed by atoms with E-state index >= 15 is 0 Å². The average Bonchev–Trinajstić information content (AvgIpc) is 2.78. The van der Waals surface area contributed by atoms with Crippen LogP contribution in [0.15, 0.2) is 35.8 Å². The topological polar surface area (TPSA) is 46.6 Å². The molecule has 0 aliphatic carbocycles. The van der Waals surface area contributed by atoms with Gasteiger partial charge in [-0.2, -0.15) is 0 Å². The van der Waals surface area contributed by atoms with Crippen molar-refractivity contribution < 1.29 is 14.3 Å². The second kappa shape index (κ2) is 8.22. The number of hydrogen-bond donors (Lipinski definition) is 0. The summed E-state index contributed by atoms with van der Waals surface area (Å²) in [4.78, 5) is 25.9. The van der Waals surface area contributed by atoms with Crippen molar-refractivity contribution in [3.63, 3.8) is 0 Å². The van der Waals surface area contributed by atoms with Crippen LogP contribution in [0.2, 0.25) is 5.02 Å². The maximum atomic E-state index is 12.3. The third kappa shape index (κ3) is 4.39. The van der Waals surface area contributed by atoms with E-state index in [1.165, 1.54) is 4.90 Å². The Bertz CT molecular complexity index is 657. The van der Waals surface area contributed by atoms with Gasteiger partial charge in [0.15, 0.2) is 0 Å². The lowest BCUT2D eigenvalue weighted by Gasteiger charge is -2.10. The Hall–Kier alpha value is -1.72. The van der Waals surface area contributed by atoms with Gasteiger partial charge in [-0.25, -0.2) is 0 Å². The Morgan fingerprint density at radius 2 is 2.17 bits per heavy atom. The zero-order valence-corrected chi connectivity index (χ0v) is 14.5. The predicted molar refractivity (Wildman–Crippen MR) is 94.7 cm³/mol. The van der Waals surface area contributed by atoms with Crippen molar-refractivity contribution in [2.45, 2.75) is 19.8 Å². The van der Waals surface area contributed by atoms with Gasteiger partial charge in [-0.3, -0.25) is 14.5 Å². The standard InChI is InChI=1S/C17H18ClNO3S/c1-3-5-8-19-16(20)15(23-17(19)21)11-12-6-7-14(13(18)10-12)22-9-4-2/h4,6-7,10-11H,2-3,5,8-9H2,1H3/b15-11-. The van der Waals surface area contributed by atoms with E-state index in [2.05, 4.69) is 6.58 Å². The molecule has 0 spiro atoms. The number of amides is 2. The Morgan fingerprint density at radius 3 is 2.83 bits per heavy atom. The lowest BCUT2D eigenvalue weighted by atomic mass is 10.2. The number of hydrogen-bond acceptors (Lipinski definition) is 4. The van der Waals surface area contributed by atoms with Gasteiger partial charge in [0.2, 0.25) is 0 Å². The molecular formula is C17H18ClNO3S. The number of thioether (sulfide) groups is 1. The molecule has 1 aliphatic heterocycles. The van der Waals surface area contributed by atoms with Gasteiger partial charge in [0, 0.05) is 6.54 Å². The van der Waals surface area contributed by atoms with E-state index in [0.717, 1.165) is 30.2 Å². The van der Waals surface area contributed by atoms with E-state index in [1.54, 1.807) is 30.4 Å². The minimum absolute atomic E-state index is 0.216. The van der Waals surface area contributed by atoms with Gasteiger partial charge in [-0.15, -0.1) is 0 Å². The molecule has 1 aromatic rings. The van der Waals surface area contributed by atoms with E-state index in [4.69, 9.17) is 16.3 Å². The molecular weight excluding hydrogens is 334 g/mol. The molecule has 2 rings (SSSR count). The molecule has 0 atom stereocenters. The first-order valence-electron chi connectivity index (χ1n) is 7.35. The van der Waals surface area contributed by atoms with Crippen LogP contribution in [0.1, 0.15) is 25.3 Å². The number of benzene rings is 1. The fraction of sp³-hybridized carbons (Fsp3) is 0.294. The Labute approximate surface area is 145 Å². The lowest BCUT2D eigenvalue weighted by Crippen LogP contribution is -2.29. The maximum Gasteiger partial charge on any atom is 0.293 e. The number of carbonyl (C=O) groups is 2. The van der Waals surface area contributed by atoms with Gasteiger partial charge in [0.25, 0.3) is 11.1 Å². The van der Waals surface area contributed by atoms with Crippen LogP contribution in [0, 0.1) is 0 Å². The highest BCUT2D eigenvalue weighted by Crippen LogP contribution is 2.33. The second-order valence-corrected chi connectivity index (χ2v) is 6.38. The second-order valence-electron chi connectivity index (χ2n) is 4.98. The van der Waals surface area contributed by atoms with Crippen LogP contribution in [0.3, 0.4) is 0 Å². The van der Waals surface area contributed by atoms with Crippen molar-refractivity contribution >= 4 is 40.6 Å². The lowest BCUT2D eigenvalue weighted by molar-refractivity contribution is -0.122. The summed E-state index contributed by atoms with van der Waals surface area (Å²) in [5, 5.41) is 0.234. The van der Waals surface area contributed by atoms with Gasteiger partial charge >= 0.3 is 0 Å². The van der Waals surface area contributed by atoms with E-state index in [-0.39, 0.29) is 11.1 Å². The number of halogens is 1. The van der Waals surface area contributed by atoms with Crippen LogP contribution in [-0.2, 0) is 4.79 Å². The molecule has 122 valence electrons.